The molecule has 0 radical (unpaired) electrons. The first-order valence-electron chi connectivity index (χ1n) is 6.50. The Labute approximate surface area is 110 Å². The molecular weight excluding hydrogens is 226 g/mol. The van der Waals surface area contributed by atoms with Gasteiger partial charge in [0.15, 0.2) is 0 Å². The summed E-state index contributed by atoms with van der Waals surface area (Å²) in [6.07, 6.45) is 2.02. The summed E-state index contributed by atoms with van der Waals surface area (Å²) in [5.41, 5.74) is 9.27. The summed E-state index contributed by atoms with van der Waals surface area (Å²) in [4.78, 5) is 0. The minimum absolute atomic E-state index is 0.491. The monoisotopic (exact) mass is 251 g/mol. The van der Waals surface area contributed by atoms with E-state index in [1.807, 2.05) is 0 Å². The number of benzene rings is 1. The summed E-state index contributed by atoms with van der Waals surface area (Å²) in [6, 6.07) is 2.08. The molecule has 0 aliphatic rings. The molecule has 0 spiro atoms. The van der Waals surface area contributed by atoms with Gasteiger partial charge in [-0.05, 0) is 55.5 Å². The molecule has 2 N–H and O–H groups in total. The molecule has 0 saturated heterocycles. The van der Waals surface area contributed by atoms with Gasteiger partial charge in [0.1, 0.15) is 11.5 Å². The molecule has 0 bridgehead atoms. The molecule has 3 nitrogen and oxygen atoms in total. The molecule has 1 rings (SSSR count). The molecule has 102 valence electrons. The van der Waals surface area contributed by atoms with Crippen LogP contribution in [0.25, 0.3) is 0 Å². The van der Waals surface area contributed by atoms with Crippen molar-refractivity contribution < 1.29 is 9.47 Å². The van der Waals surface area contributed by atoms with E-state index >= 15 is 0 Å². The second kappa shape index (κ2) is 6.64. The van der Waals surface area contributed by atoms with Crippen molar-refractivity contribution in [3.8, 4) is 11.5 Å². The third-order valence-electron chi connectivity index (χ3n) is 3.71. The zero-order chi connectivity index (χ0) is 13.7. The fourth-order valence-corrected chi connectivity index (χ4v) is 2.28. The Balaban J connectivity index is 3.20. The van der Waals surface area contributed by atoms with Crippen molar-refractivity contribution in [2.24, 2.45) is 11.7 Å². The number of hydrogen-bond acceptors (Lipinski definition) is 3. The molecule has 0 fully saturated rings. The first kappa shape index (κ1) is 14.8. The van der Waals surface area contributed by atoms with Crippen LogP contribution in [0, 0.1) is 19.8 Å². The maximum absolute atomic E-state index is 5.79. The predicted octanol–water partition coefficient (Wildman–Crippen LogP) is 2.85. The topological polar surface area (TPSA) is 44.5 Å². The van der Waals surface area contributed by atoms with Gasteiger partial charge in [0, 0.05) is 0 Å². The Bertz CT molecular complexity index is 398. The lowest BCUT2D eigenvalue weighted by atomic mass is 9.93. The van der Waals surface area contributed by atoms with Gasteiger partial charge in [-0.1, -0.05) is 13.3 Å². The maximum atomic E-state index is 5.79. The van der Waals surface area contributed by atoms with Crippen molar-refractivity contribution in [3.63, 3.8) is 0 Å². The van der Waals surface area contributed by atoms with Crippen LogP contribution >= 0.6 is 0 Å². The molecule has 3 heteroatoms. The zero-order valence-corrected chi connectivity index (χ0v) is 12.2. The molecule has 1 atom stereocenters. The first-order chi connectivity index (χ1) is 8.58. The van der Waals surface area contributed by atoms with Crippen LogP contribution in [-0.4, -0.2) is 20.8 Å². The van der Waals surface area contributed by atoms with Crippen LogP contribution < -0.4 is 15.2 Å². The van der Waals surface area contributed by atoms with E-state index in [1.165, 1.54) is 5.56 Å². The lowest BCUT2D eigenvalue weighted by Crippen LogP contribution is -2.16. The molecule has 0 aliphatic heterocycles. The van der Waals surface area contributed by atoms with Gasteiger partial charge in [0.2, 0.25) is 0 Å². The summed E-state index contributed by atoms with van der Waals surface area (Å²) in [5.74, 6) is 2.39. The van der Waals surface area contributed by atoms with Crippen LogP contribution in [0.3, 0.4) is 0 Å². The molecule has 0 heterocycles. The molecule has 0 aliphatic carbocycles. The quantitative estimate of drug-likeness (QED) is 0.845. The number of nitrogens with two attached hydrogens (primary N) is 1. The van der Waals surface area contributed by atoms with Crippen molar-refractivity contribution in [1.29, 1.82) is 0 Å². The Morgan fingerprint density at radius 1 is 1.17 bits per heavy atom. The minimum Gasteiger partial charge on any atom is -0.496 e. The summed E-state index contributed by atoms with van der Waals surface area (Å²) >= 11 is 0. The predicted molar refractivity (Wildman–Crippen MR) is 75.6 cm³/mol. The van der Waals surface area contributed by atoms with E-state index in [0.29, 0.717) is 12.5 Å². The lowest BCUT2D eigenvalue weighted by Gasteiger charge is -2.19. The number of ether oxygens (including phenoxy) is 2. The largest absolute Gasteiger partial charge is 0.496 e. The Morgan fingerprint density at radius 2 is 1.83 bits per heavy atom. The highest BCUT2D eigenvalue weighted by Crippen LogP contribution is 2.34. The molecule has 0 aromatic heterocycles. The Hall–Kier alpha value is -1.22. The van der Waals surface area contributed by atoms with Crippen molar-refractivity contribution in [2.75, 3.05) is 20.8 Å². The van der Waals surface area contributed by atoms with Gasteiger partial charge >= 0.3 is 0 Å². The van der Waals surface area contributed by atoms with E-state index in [4.69, 9.17) is 15.2 Å². The van der Waals surface area contributed by atoms with Crippen molar-refractivity contribution in [1.82, 2.24) is 0 Å². The van der Waals surface area contributed by atoms with Crippen LogP contribution in [0.4, 0.5) is 0 Å². The highest BCUT2D eigenvalue weighted by Gasteiger charge is 2.16. The van der Waals surface area contributed by atoms with Gasteiger partial charge in [-0.15, -0.1) is 0 Å². The molecule has 0 amide bonds. The first-order valence-corrected chi connectivity index (χ1v) is 6.50. The third-order valence-corrected chi connectivity index (χ3v) is 3.71. The van der Waals surface area contributed by atoms with Gasteiger partial charge in [-0.3, -0.25) is 0 Å². The summed E-state index contributed by atoms with van der Waals surface area (Å²) in [7, 11) is 3.43. The average Bonchev–Trinajstić information content (AvgIpc) is 2.39. The summed E-state index contributed by atoms with van der Waals surface area (Å²) < 4.78 is 11.0. The number of hydrogen-bond donors (Lipinski definition) is 1. The van der Waals surface area contributed by atoms with Gasteiger partial charge < -0.3 is 15.2 Å². The Kier molecular flexibility index (Phi) is 5.48. The molecular formula is C15H25NO2. The van der Waals surface area contributed by atoms with Crippen LogP contribution in [0.2, 0.25) is 0 Å². The summed E-state index contributed by atoms with van der Waals surface area (Å²) in [6.45, 7) is 7.00. The number of rotatable bonds is 6. The van der Waals surface area contributed by atoms with Crippen molar-refractivity contribution in [3.05, 3.63) is 22.8 Å². The minimum atomic E-state index is 0.491. The molecule has 0 saturated carbocycles. The van der Waals surface area contributed by atoms with Gasteiger partial charge in [-0.25, -0.2) is 0 Å². The average molecular weight is 251 g/mol. The fourth-order valence-electron chi connectivity index (χ4n) is 2.28. The lowest BCUT2D eigenvalue weighted by molar-refractivity contribution is 0.388. The smallest absolute Gasteiger partial charge is 0.125 e. The fraction of sp³-hybridized carbons (Fsp3) is 0.600. The van der Waals surface area contributed by atoms with Gasteiger partial charge in [-0.2, -0.15) is 0 Å². The Morgan fingerprint density at radius 3 is 2.28 bits per heavy atom. The normalized spacial score (nSPS) is 12.3. The van der Waals surface area contributed by atoms with Crippen LogP contribution in [-0.2, 0) is 6.42 Å². The zero-order valence-electron chi connectivity index (χ0n) is 12.2. The highest BCUT2D eigenvalue weighted by molar-refractivity contribution is 5.52. The van der Waals surface area contributed by atoms with Crippen LogP contribution in [0.15, 0.2) is 6.07 Å². The van der Waals surface area contributed by atoms with Gasteiger partial charge in [0.25, 0.3) is 0 Å². The third kappa shape index (κ3) is 2.96. The molecule has 18 heavy (non-hydrogen) atoms. The van der Waals surface area contributed by atoms with E-state index in [2.05, 4.69) is 26.8 Å². The summed E-state index contributed by atoms with van der Waals surface area (Å²) in [5, 5.41) is 0. The molecule has 1 aromatic rings. The number of methoxy groups -OCH3 is 2. The second-order valence-corrected chi connectivity index (χ2v) is 4.74. The molecule has 1 aromatic carbocycles. The second-order valence-electron chi connectivity index (χ2n) is 4.74. The van der Waals surface area contributed by atoms with E-state index in [9.17, 15) is 0 Å². The standard InChI is InChI=1S/C15H25NO2/c1-6-12(9-16)7-13-8-14(17-4)10(2)11(3)15(13)18-5/h8,12H,6-7,9,16H2,1-5H3. The highest BCUT2D eigenvalue weighted by atomic mass is 16.5. The van der Waals surface area contributed by atoms with E-state index in [-0.39, 0.29) is 0 Å². The maximum Gasteiger partial charge on any atom is 0.125 e. The van der Waals surface area contributed by atoms with Gasteiger partial charge in [0.05, 0.1) is 14.2 Å². The van der Waals surface area contributed by atoms with Crippen LogP contribution in [0.5, 0.6) is 11.5 Å². The van der Waals surface area contributed by atoms with Crippen molar-refractivity contribution in [2.45, 2.75) is 33.6 Å². The van der Waals surface area contributed by atoms with Crippen molar-refractivity contribution >= 4 is 0 Å². The SMILES string of the molecule is CCC(CN)Cc1cc(OC)c(C)c(C)c1OC. The van der Waals surface area contributed by atoms with E-state index < -0.39 is 0 Å². The van der Waals surface area contributed by atoms with E-state index in [0.717, 1.165) is 35.5 Å². The van der Waals surface area contributed by atoms with Crippen LogP contribution in [0.1, 0.15) is 30.0 Å². The molecule has 1 unspecified atom stereocenters. The van der Waals surface area contributed by atoms with E-state index in [1.54, 1.807) is 14.2 Å².